The third kappa shape index (κ3) is 3.79. The van der Waals surface area contributed by atoms with Gasteiger partial charge in [0.2, 0.25) is 0 Å². The number of thiophene rings is 1. The van der Waals surface area contributed by atoms with Crippen molar-refractivity contribution in [1.29, 1.82) is 0 Å². The molecule has 1 aromatic heterocycles. The van der Waals surface area contributed by atoms with E-state index < -0.39 is 0 Å². The maximum absolute atomic E-state index is 6.07. The Morgan fingerprint density at radius 3 is 2.79 bits per heavy atom. The predicted molar refractivity (Wildman–Crippen MR) is 84.6 cm³/mol. The second kappa shape index (κ2) is 7.18. The smallest absolute Gasteiger partial charge is 0.0590 e. The molecule has 2 rings (SSSR count). The quantitative estimate of drug-likeness (QED) is 0.785. The zero-order valence-electron chi connectivity index (χ0n) is 11.6. The molecule has 0 radical (unpaired) electrons. The molecule has 2 unspecified atom stereocenters. The van der Waals surface area contributed by atoms with Crippen LogP contribution >= 0.6 is 27.3 Å². The number of halogens is 1. The molecule has 1 aliphatic carbocycles. The van der Waals surface area contributed by atoms with Crippen molar-refractivity contribution in [3.8, 4) is 0 Å². The van der Waals surface area contributed by atoms with Crippen molar-refractivity contribution in [3.63, 3.8) is 0 Å². The van der Waals surface area contributed by atoms with Gasteiger partial charge in [0.05, 0.1) is 12.6 Å². The minimum atomic E-state index is 0.292. The summed E-state index contributed by atoms with van der Waals surface area (Å²) < 4.78 is 6.45. The molecule has 1 heterocycles. The zero-order chi connectivity index (χ0) is 13.8. The van der Waals surface area contributed by atoms with Crippen LogP contribution in [0.25, 0.3) is 0 Å². The lowest BCUT2D eigenvalue weighted by Crippen LogP contribution is -2.42. The molecule has 1 aromatic rings. The number of ether oxygens (including phenoxy) is 1. The van der Waals surface area contributed by atoms with Crippen molar-refractivity contribution in [2.24, 2.45) is 11.7 Å². The molecule has 0 aromatic carbocycles. The molecule has 5 heteroatoms. The summed E-state index contributed by atoms with van der Waals surface area (Å²) in [5, 5.41) is 2.12. The summed E-state index contributed by atoms with van der Waals surface area (Å²) in [7, 11) is 1.76. The average Bonchev–Trinajstić information content (AvgIpc) is 3.18. The van der Waals surface area contributed by atoms with Crippen LogP contribution in [0.4, 0.5) is 0 Å². The van der Waals surface area contributed by atoms with Crippen molar-refractivity contribution in [3.05, 3.63) is 20.8 Å². The summed E-state index contributed by atoms with van der Waals surface area (Å²) in [5.74, 6) is 0.838. The molecule has 3 nitrogen and oxygen atoms in total. The van der Waals surface area contributed by atoms with Crippen LogP contribution in [0.15, 0.2) is 15.9 Å². The van der Waals surface area contributed by atoms with Gasteiger partial charge in [0.15, 0.2) is 0 Å². The van der Waals surface area contributed by atoms with Crippen LogP contribution in [0.1, 0.15) is 30.7 Å². The van der Waals surface area contributed by atoms with Gasteiger partial charge in [-0.3, -0.25) is 4.90 Å². The van der Waals surface area contributed by atoms with E-state index in [0.29, 0.717) is 18.6 Å². The lowest BCUT2D eigenvalue weighted by molar-refractivity contribution is 0.0845. The molecular weight excluding hydrogens is 324 g/mol. The van der Waals surface area contributed by atoms with E-state index in [4.69, 9.17) is 10.5 Å². The number of hydrogen-bond acceptors (Lipinski definition) is 4. The first-order valence-corrected chi connectivity index (χ1v) is 8.54. The Morgan fingerprint density at radius 1 is 1.58 bits per heavy atom. The van der Waals surface area contributed by atoms with Crippen LogP contribution in [0.3, 0.4) is 0 Å². The summed E-state index contributed by atoms with van der Waals surface area (Å²) >= 11 is 5.43. The lowest BCUT2D eigenvalue weighted by atomic mass is 10.1. The van der Waals surface area contributed by atoms with Gasteiger partial charge in [-0.15, -0.1) is 11.3 Å². The molecule has 19 heavy (non-hydrogen) atoms. The van der Waals surface area contributed by atoms with Crippen molar-refractivity contribution < 1.29 is 4.74 Å². The fourth-order valence-electron chi connectivity index (χ4n) is 2.63. The highest BCUT2D eigenvalue weighted by molar-refractivity contribution is 9.10. The molecule has 1 saturated carbocycles. The van der Waals surface area contributed by atoms with Crippen LogP contribution in [0.2, 0.25) is 0 Å². The van der Waals surface area contributed by atoms with Crippen LogP contribution in [-0.2, 0) is 4.74 Å². The van der Waals surface area contributed by atoms with Crippen LogP contribution in [-0.4, -0.2) is 37.7 Å². The molecule has 0 saturated heterocycles. The number of methoxy groups -OCH3 is 1. The molecule has 0 amide bonds. The van der Waals surface area contributed by atoms with E-state index in [-0.39, 0.29) is 0 Å². The fourth-order valence-corrected chi connectivity index (χ4v) is 4.40. The van der Waals surface area contributed by atoms with Gasteiger partial charge in [-0.25, -0.2) is 0 Å². The van der Waals surface area contributed by atoms with Crippen LogP contribution in [0, 0.1) is 5.92 Å². The summed E-state index contributed by atoms with van der Waals surface area (Å²) in [6.07, 6.45) is 2.71. The lowest BCUT2D eigenvalue weighted by Gasteiger charge is -2.36. The minimum Gasteiger partial charge on any atom is -0.383 e. The van der Waals surface area contributed by atoms with E-state index in [2.05, 4.69) is 39.2 Å². The standard InChI is InChI=1S/C14H23BrN2OS/c1-10(11-3-4-11)17(6-7-18-2)13(9-16)14-12(15)5-8-19-14/h5,8,10-11,13H,3-4,6-7,9,16H2,1-2H3. The number of rotatable bonds is 8. The van der Waals surface area contributed by atoms with Crippen molar-refractivity contribution in [2.45, 2.75) is 31.8 Å². The Bertz CT molecular complexity index is 395. The van der Waals surface area contributed by atoms with E-state index in [1.807, 2.05) is 0 Å². The van der Waals surface area contributed by atoms with Crippen molar-refractivity contribution in [1.82, 2.24) is 4.90 Å². The van der Waals surface area contributed by atoms with Gasteiger partial charge in [-0.1, -0.05) is 0 Å². The summed E-state index contributed by atoms with van der Waals surface area (Å²) in [4.78, 5) is 3.86. The normalized spacial score (nSPS) is 18.8. The van der Waals surface area contributed by atoms with Crippen LogP contribution < -0.4 is 5.73 Å². The first-order chi connectivity index (χ1) is 9.19. The largest absolute Gasteiger partial charge is 0.383 e. The Kier molecular flexibility index (Phi) is 5.84. The summed E-state index contributed by atoms with van der Waals surface area (Å²) in [5.41, 5.74) is 6.07. The molecule has 0 aliphatic heterocycles. The molecule has 0 spiro atoms. The molecule has 1 aliphatic rings. The summed E-state index contributed by atoms with van der Waals surface area (Å²) in [6, 6.07) is 2.98. The third-order valence-electron chi connectivity index (χ3n) is 3.95. The Balaban J connectivity index is 2.16. The molecular formula is C14H23BrN2OS. The maximum Gasteiger partial charge on any atom is 0.0590 e. The maximum atomic E-state index is 6.07. The Morgan fingerprint density at radius 2 is 2.32 bits per heavy atom. The van der Waals surface area contributed by atoms with Gasteiger partial charge in [0.1, 0.15) is 0 Å². The minimum absolute atomic E-state index is 0.292. The fraction of sp³-hybridized carbons (Fsp3) is 0.714. The first-order valence-electron chi connectivity index (χ1n) is 6.86. The van der Waals surface area contributed by atoms with Gasteiger partial charge >= 0.3 is 0 Å². The average molecular weight is 347 g/mol. The van der Waals surface area contributed by atoms with E-state index in [1.54, 1.807) is 18.4 Å². The SMILES string of the molecule is COCCN(C(CN)c1sccc1Br)C(C)C1CC1. The Hall–Kier alpha value is 0.0600. The van der Waals surface area contributed by atoms with Crippen molar-refractivity contribution in [2.75, 3.05) is 26.8 Å². The highest BCUT2D eigenvalue weighted by Gasteiger charge is 2.35. The zero-order valence-corrected chi connectivity index (χ0v) is 14.0. The number of nitrogens with two attached hydrogens (primary N) is 1. The number of hydrogen-bond donors (Lipinski definition) is 1. The van der Waals surface area contributed by atoms with Crippen molar-refractivity contribution >= 4 is 27.3 Å². The highest BCUT2D eigenvalue weighted by atomic mass is 79.9. The summed E-state index contributed by atoms with van der Waals surface area (Å²) in [6.45, 7) is 4.69. The second-order valence-electron chi connectivity index (χ2n) is 5.19. The van der Waals surface area contributed by atoms with E-state index in [0.717, 1.165) is 19.1 Å². The topological polar surface area (TPSA) is 38.5 Å². The van der Waals surface area contributed by atoms with E-state index >= 15 is 0 Å². The Labute approximate surface area is 128 Å². The molecule has 2 N–H and O–H groups in total. The van der Waals surface area contributed by atoms with Gasteiger partial charge in [0, 0.05) is 35.6 Å². The molecule has 2 atom stereocenters. The van der Waals surface area contributed by atoms with Crippen LogP contribution in [0.5, 0.6) is 0 Å². The first kappa shape index (κ1) is 15.4. The third-order valence-corrected chi connectivity index (χ3v) is 5.92. The predicted octanol–water partition coefficient (Wildman–Crippen LogP) is 3.26. The van der Waals surface area contributed by atoms with E-state index in [9.17, 15) is 0 Å². The molecule has 108 valence electrons. The van der Waals surface area contributed by atoms with Gasteiger partial charge < -0.3 is 10.5 Å². The van der Waals surface area contributed by atoms with Gasteiger partial charge in [-0.05, 0) is 53.1 Å². The molecule has 1 fully saturated rings. The van der Waals surface area contributed by atoms with E-state index in [1.165, 1.54) is 22.2 Å². The highest BCUT2D eigenvalue weighted by Crippen LogP contribution is 2.40. The monoisotopic (exact) mass is 346 g/mol. The molecule has 0 bridgehead atoms. The van der Waals surface area contributed by atoms with Gasteiger partial charge in [0.25, 0.3) is 0 Å². The number of nitrogens with zero attached hydrogens (tertiary/aromatic N) is 1. The van der Waals surface area contributed by atoms with Gasteiger partial charge in [-0.2, -0.15) is 0 Å². The second-order valence-corrected chi connectivity index (χ2v) is 6.99.